The van der Waals surface area contributed by atoms with E-state index in [1.165, 1.54) is 44.8 Å². The van der Waals surface area contributed by atoms with Crippen LogP contribution in [0.25, 0.3) is 0 Å². The number of aryl methyl sites for hydroxylation is 1. The Kier molecular flexibility index (Phi) is 10.9. The molecule has 0 fully saturated rings. The van der Waals surface area contributed by atoms with Crippen LogP contribution < -0.4 is 0 Å². The Morgan fingerprint density at radius 3 is 2.33 bits per heavy atom. The van der Waals surface area contributed by atoms with Gasteiger partial charge < -0.3 is 0 Å². The second-order valence-corrected chi connectivity index (χ2v) is 12.0. The third kappa shape index (κ3) is 6.51. The van der Waals surface area contributed by atoms with Crippen molar-refractivity contribution in [2.45, 2.75) is 92.4 Å². The number of nitrogens with zero attached hydrogens (tertiary/aromatic N) is 3. The van der Waals surface area contributed by atoms with Crippen molar-refractivity contribution in [3.8, 4) is 0 Å². The number of hydrazone groups is 1. The fraction of sp³-hybridized carbons (Fsp3) is 0.385. The maximum absolute atomic E-state index is 4.68. The molecule has 1 aliphatic heterocycles. The quantitative estimate of drug-likeness (QED) is 0.178. The summed E-state index contributed by atoms with van der Waals surface area (Å²) in [6.45, 7) is 23.8. The van der Waals surface area contributed by atoms with E-state index in [4.69, 9.17) is 0 Å². The van der Waals surface area contributed by atoms with Crippen LogP contribution in [0.15, 0.2) is 113 Å². The van der Waals surface area contributed by atoms with E-state index in [1.54, 1.807) is 0 Å². The van der Waals surface area contributed by atoms with Crippen molar-refractivity contribution in [2.24, 2.45) is 5.10 Å². The lowest BCUT2D eigenvalue weighted by Crippen LogP contribution is -2.26. The number of para-hydroxylation sites is 1. The molecule has 3 heteroatoms. The van der Waals surface area contributed by atoms with Gasteiger partial charge in [-0.3, -0.25) is 0 Å². The van der Waals surface area contributed by atoms with Gasteiger partial charge in [-0.05, 0) is 76.2 Å². The lowest BCUT2D eigenvalue weighted by molar-refractivity contribution is -0.401. The molecule has 0 amide bonds. The highest BCUT2D eigenvalue weighted by Crippen LogP contribution is 2.40. The first kappa shape index (κ1) is 32.8. The molecular weight excluding hydrogens is 510 g/mol. The second-order valence-electron chi connectivity index (χ2n) is 12.0. The van der Waals surface area contributed by atoms with Crippen LogP contribution in [0.5, 0.6) is 0 Å². The maximum Gasteiger partial charge on any atom is 0.209 e. The molecular formula is C39H52N3+. The van der Waals surface area contributed by atoms with Gasteiger partial charge in [0.2, 0.25) is 5.69 Å². The van der Waals surface area contributed by atoms with Gasteiger partial charge in [0, 0.05) is 35.5 Å². The molecule has 0 saturated carbocycles. The highest BCUT2D eigenvalue weighted by Gasteiger charge is 2.42. The van der Waals surface area contributed by atoms with Crippen LogP contribution in [0.1, 0.15) is 91.3 Å². The molecule has 0 bridgehead atoms. The van der Waals surface area contributed by atoms with Gasteiger partial charge in [-0.25, -0.2) is 5.01 Å². The van der Waals surface area contributed by atoms with Gasteiger partial charge in [0.05, 0.1) is 11.1 Å². The fourth-order valence-corrected chi connectivity index (χ4v) is 6.25. The first-order chi connectivity index (χ1) is 20.0. The highest BCUT2D eigenvalue weighted by molar-refractivity contribution is 6.03. The van der Waals surface area contributed by atoms with Crippen LogP contribution in [0, 0.1) is 6.92 Å². The molecule has 0 aromatic heterocycles. The molecule has 2 aromatic carbocycles. The van der Waals surface area contributed by atoms with E-state index in [1.807, 2.05) is 38.2 Å². The summed E-state index contributed by atoms with van der Waals surface area (Å²) < 4.78 is 2.33. The molecule has 2 aliphatic rings. The Balaban J connectivity index is 0.00000237. The Morgan fingerprint density at radius 1 is 1.02 bits per heavy atom. The van der Waals surface area contributed by atoms with Crippen molar-refractivity contribution in [1.29, 1.82) is 0 Å². The minimum absolute atomic E-state index is 0.0589. The SMILES string of the molecule is C=CN(/N=C\C)C1=C(/C=C/C2=[N+](C)c3ccccc3C2(C)C)CCC/C1=C\C=C(\C)C(C)(C)c1ccccc1C.CC. The fourth-order valence-electron chi connectivity index (χ4n) is 6.25. The van der Waals surface area contributed by atoms with Crippen molar-refractivity contribution < 1.29 is 4.58 Å². The zero-order chi connectivity index (χ0) is 31.1. The Labute approximate surface area is 256 Å². The molecule has 0 N–H and O–H groups in total. The van der Waals surface area contributed by atoms with Crippen molar-refractivity contribution in [3.63, 3.8) is 0 Å². The standard InChI is InChI=1S/C37H46N3.C2H6/c1-10-38-40(11-2)35-29(24-23-28(4)36(5,6)31-20-13-12-17-27(31)3)18-16-19-30(35)25-26-34-37(7,8)32-21-14-15-22-33(32)39(34)9;1-2/h10-15,17,20-26H,2,16,18-19H2,1,3-9H3;1-2H3/q+1;/b28-23-,29-24+,38-10-;. The highest BCUT2D eigenvalue weighted by atomic mass is 15.4. The molecule has 3 nitrogen and oxygen atoms in total. The van der Waals surface area contributed by atoms with Crippen LogP contribution >= 0.6 is 0 Å². The average molecular weight is 563 g/mol. The van der Waals surface area contributed by atoms with Gasteiger partial charge in [-0.1, -0.05) is 101 Å². The summed E-state index contributed by atoms with van der Waals surface area (Å²) >= 11 is 0. The molecule has 0 radical (unpaired) electrons. The summed E-state index contributed by atoms with van der Waals surface area (Å²) in [5, 5.41) is 6.62. The topological polar surface area (TPSA) is 18.6 Å². The molecule has 0 atom stereocenters. The van der Waals surface area contributed by atoms with Crippen LogP contribution in [0.2, 0.25) is 0 Å². The zero-order valence-corrected chi connectivity index (χ0v) is 27.8. The van der Waals surface area contributed by atoms with Crippen LogP contribution in [-0.4, -0.2) is 28.6 Å². The molecule has 0 spiro atoms. The molecule has 0 saturated heterocycles. The predicted octanol–water partition coefficient (Wildman–Crippen LogP) is 10.3. The zero-order valence-electron chi connectivity index (χ0n) is 27.8. The number of benzene rings is 2. The van der Waals surface area contributed by atoms with Gasteiger partial charge in [-0.15, -0.1) is 0 Å². The second kappa shape index (κ2) is 14.0. The Hall–Kier alpha value is -3.72. The van der Waals surface area contributed by atoms with Crippen molar-refractivity contribution in [2.75, 3.05) is 7.05 Å². The molecule has 2 aromatic rings. The van der Waals surface area contributed by atoms with Crippen molar-refractivity contribution in [3.05, 3.63) is 125 Å². The molecule has 4 rings (SSSR count). The lowest BCUT2D eigenvalue weighted by atomic mass is 9.76. The van der Waals surface area contributed by atoms with E-state index >= 15 is 0 Å². The molecule has 222 valence electrons. The summed E-state index contributed by atoms with van der Waals surface area (Å²) in [7, 11) is 2.18. The Bertz CT molecular complexity index is 1470. The molecule has 0 unspecified atom stereocenters. The van der Waals surface area contributed by atoms with Gasteiger partial charge >= 0.3 is 0 Å². The smallest absolute Gasteiger partial charge is 0.209 e. The number of allylic oxidation sites excluding steroid dienone is 7. The summed E-state index contributed by atoms with van der Waals surface area (Å²) in [6, 6.07) is 17.4. The van der Waals surface area contributed by atoms with E-state index in [-0.39, 0.29) is 10.8 Å². The van der Waals surface area contributed by atoms with Gasteiger partial charge in [0.15, 0.2) is 5.71 Å². The number of hydrogen-bond acceptors (Lipinski definition) is 2. The van der Waals surface area contributed by atoms with Crippen LogP contribution in [0.3, 0.4) is 0 Å². The maximum atomic E-state index is 4.68. The first-order valence-electron chi connectivity index (χ1n) is 15.5. The largest absolute Gasteiger partial charge is 0.241 e. The van der Waals surface area contributed by atoms with Crippen molar-refractivity contribution in [1.82, 2.24) is 5.01 Å². The van der Waals surface area contributed by atoms with Gasteiger partial charge in [0.1, 0.15) is 7.05 Å². The van der Waals surface area contributed by atoms with Crippen molar-refractivity contribution >= 4 is 17.6 Å². The number of hydrogen-bond donors (Lipinski definition) is 0. The van der Waals surface area contributed by atoms with Gasteiger partial charge in [0.25, 0.3) is 0 Å². The number of rotatable bonds is 8. The van der Waals surface area contributed by atoms with E-state index in [0.717, 1.165) is 25.0 Å². The first-order valence-corrected chi connectivity index (χ1v) is 15.5. The third-order valence-electron chi connectivity index (χ3n) is 8.86. The van der Waals surface area contributed by atoms with E-state index < -0.39 is 0 Å². The van der Waals surface area contributed by atoms with Gasteiger partial charge in [-0.2, -0.15) is 9.68 Å². The van der Waals surface area contributed by atoms with E-state index in [2.05, 4.69) is 138 Å². The van der Waals surface area contributed by atoms with Crippen LogP contribution in [0.4, 0.5) is 5.69 Å². The summed E-state index contributed by atoms with van der Waals surface area (Å²) in [5.74, 6) is 0. The number of fused-ring (bicyclic) bond motifs is 1. The van der Waals surface area contributed by atoms with Crippen LogP contribution in [-0.2, 0) is 10.8 Å². The minimum atomic E-state index is -0.0618. The molecule has 42 heavy (non-hydrogen) atoms. The predicted molar refractivity (Wildman–Crippen MR) is 184 cm³/mol. The minimum Gasteiger partial charge on any atom is -0.241 e. The molecule has 1 aliphatic carbocycles. The normalized spacial score (nSPS) is 18.0. The van der Waals surface area contributed by atoms with E-state index in [0.29, 0.717) is 0 Å². The monoisotopic (exact) mass is 562 g/mol. The average Bonchev–Trinajstić information content (AvgIpc) is 3.18. The summed E-state index contributed by atoms with van der Waals surface area (Å²) in [5.41, 5.74) is 11.6. The summed E-state index contributed by atoms with van der Waals surface area (Å²) in [6.07, 6.45) is 16.0. The van der Waals surface area contributed by atoms with E-state index in [9.17, 15) is 0 Å². The summed E-state index contributed by atoms with van der Waals surface area (Å²) in [4.78, 5) is 0. The Morgan fingerprint density at radius 2 is 1.69 bits per heavy atom. The third-order valence-corrected chi connectivity index (χ3v) is 8.86. The lowest BCUT2D eigenvalue weighted by Gasteiger charge is -2.29. The molecule has 1 heterocycles.